The fraction of sp³-hybridized carbons (Fsp3) is 0.417. The standard InChI is InChI=1S/C12H12FN3O5S/c13-5-2-16-1-4(11(22)15-12(16)14-10(5)20)9-8(19)7(18)6(3-17)21-9/h1-2,6-9,17-19H,3H2,(H,14,15,20,22). The second kappa shape index (κ2) is 5.48. The number of H-pyrrole nitrogens is 1. The summed E-state index contributed by atoms with van der Waals surface area (Å²) in [6, 6.07) is 0. The van der Waals surface area contributed by atoms with Crippen molar-refractivity contribution in [3.8, 4) is 0 Å². The van der Waals surface area contributed by atoms with Gasteiger partial charge in [0.15, 0.2) is 0 Å². The second-order valence-electron chi connectivity index (χ2n) is 4.92. The first-order chi connectivity index (χ1) is 10.4. The normalized spacial score (nSPS) is 28.4. The van der Waals surface area contributed by atoms with E-state index in [0.717, 1.165) is 6.20 Å². The van der Waals surface area contributed by atoms with Gasteiger partial charge in [0.2, 0.25) is 11.6 Å². The highest BCUT2D eigenvalue weighted by molar-refractivity contribution is 7.71. The van der Waals surface area contributed by atoms with Crippen molar-refractivity contribution in [2.24, 2.45) is 0 Å². The number of nitrogens with one attached hydrogen (secondary N) is 1. The van der Waals surface area contributed by atoms with Crippen LogP contribution < -0.4 is 5.56 Å². The molecule has 4 N–H and O–H groups in total. The lowest BCUT2D eigenvalue weighted by molar-refractivity contribution is -0.0230. The predicted molar refractivity (Wildman–Crippen MR) is 73.3 cm³/mol. The summed E-state index contributed by atoms with van der Waals surface area (Å²) in [5.41, 5.74) is -0.691. The molecule has 0 saturated carbocycles. The monoisotopic (exact) mass is 329 g/mol. The van der Waals surface area contributed by atoms with E-state index in [0.29, 0.717) is 0 Å². The van der Waals surface area contributed by atoms with Crippen LogP contribution in [-0.2, 0) is 4.74 Å². The molecule has 0 bridgehead atoms. The smallest absolute Gasteiger partial charge is 0.288 e. The largest absolute Gasteiger partial charge is 0.394 e. The van der Waals surface area contributed by atoms with Crippen LogP contribution in [0, 0.1) is 10.5 Å². The third-order valence-electron chi connectivity index (χ3n) is 3.52. The number of hydrogen-bond acceptors (Lipinski definition) is 7. The van der Waals surface area contributed by atoms with Gasteiger partial charge < -0.3 is 20.1 Å². The number of ether oxygens (including phenoxy) is 1. The third kappa shape index (κ3) is 2.34. The molecule has 2 aromatic heterocycles. The Hall–Kier alpha value is -1.72. The summed E-state index contributed by atoms with van der Waals surface area (Å²) in [7, 11) is 0. The molecule has 3 rings (SSSR count). The van der Waals surface area contributed by atoms with Crippen molar-refractivity contribution in [1.29, 1.82) is 0 Å². The van der Waals surface area contributed by atoms with E-state index in [1.165, 1.54) is 10.6 Å². The van der Waals surface area contributed by atoms with Crippen LogP contribution >= 0.6 is 12.2 Å². The molecule has 1 aliphatic rings. The molecule has 22 heavy (non-hydrogen) atoms. The minimum Gasteiger partial charge on any atom is -0.394 e. The Morgan fingerprint density at radius 3 is 2.77 bits per heavy atom. The Morgan fingerprint density at radius 1 is 1.41 bits per heavy atom. The van der Waals surface area contributed by atoms with Crippen molar-refractivity contribution >= 4 is 18.0 Å². The maximum atomic E-state index is 13.3. The molecule has 0 radical (unpaired) electrons. The van der Waals surface area contributed by atoms with Crippen molar-refractivity contribution in [2.45, 2.75) is 24.4 Å². The molecular weight excluding hydrogens is 317 g/mol. The van der Waals surface area contributed by atoms with Gasteiger partial charge in [-0.1, -0.05) is 12.2 Å². The third-order valence-corrected chi connectivity index (χ3v) is 3.85. The maximum absolute atomic E-state index is 13.3. The van der Waals surface area contributed by atoms with E-state index in [1.807, 2.05) is 0 Å². The molecular formula is C12H12FN3O5S. The summed E-state index contributed by atoms with van der Waals surface area (Å²) in [5, 5.41) is 28.9. The molecule has 1 aliphatic heterocycles. The van der Waals surface area contributed by atoms with Gasteiger partial charge in [0.05, 0.1) is 12.8 Å². The van der Waals surface area contributed by atoms with E-state index >= 15 is 0 Å². The average molecular weight is 329 g/mol. The lowest BCUT2D eigenvalue weighted by Gasteiger charge is -2.15. The topological polar surface area (TPSA) is 120 Å². The van der Waals surface area contributed by atoms with Gasteiger partial charge in [0, 0.05) is 11.8 Å². The zero-order valence-electron chi connectivity index (χ0n) is 11.0. The molecule has 3 heterocycles. The van der Waals surface area contributed by atoms with Crippen LogP contribution in [-0.4, -0.2) is 54.6 Å². The zero-order valence-corrected chi connectivity index (χ0v) is 11.8. The fourth-order valence-electron chi connectivity index (χ4n) is 2.37. The van der Waals surface area contributed by atoms with E-state index in [9.17, 15) is 19.4 Å². The van der Waals surface area contributed by atoms with Crippen LogP contribution in [0.15, 0.2) is 17.2 Å². The van der Waals surface area contributed by atoms with Crippen molar-refractivity contribution in [2.75, 3.05) is 6.61 Å². The van der Waals surface area contributed by atoms with Crippen molar-refractivity contribution in [3.05, 3.63) is 38.8 Å². The van der Waals surface area contributed by atoms with E-state index in [1.54, 1.807) is 0 Å². The highest BCUT2D eigenvalue weighted by atomic mass is 32.1. The number of hydrogen-bond donors (Lipinski definition) is 4. The van der Waals surface area contributed by atoms with Crippen LogP contribution in [0.2, 0.25) is 0 Å². The van der Waals surface area contributed by atoms with Crippen LogP contribution in [0.3, 0.4) is 0 Å². The highest BCUT2D eigenvalue weighted by Crippen LogP contribution is 2.33. The van der Waals surface area contributed by atoms with Crippen molar-refractivity contribution in [1.82, 2.24) is 14.4 Å². The fourth-order valence-corrected chi connectivity index (χ4v) is 2.62. The van der Waals surface area contributed by atoms with E-state index in [4.69, 9.17) is 22.1 Å². The van der Waals surface area contributed by atoms with Crippen molar-refractivity contribution in [3.63, 3.8) is 0 Å². The number of aromatic nitrogens is 3. The number of halogens is 1. The molecule has 118 valence electrons. The van der Waals surface area contributed by atoms with Crippen LogP contribution in [0.4, 0.5) is 4.39 Å². The number of rotatable bonds is 2. The summed E-state index contributed by atoms with van der Waals surface area (Å²) < 4.78 is 19.9. The number of aromatic amines is 1. The minimum absolute atomic E-state index is 0.0251. The number of aliphatic hydroxyl groups is 3. The SMILES string of the molecule is O=c1[nH]c2nc(=S)c(C3OC(CO)C(O)C3O)cn2cc1F. The Balaban J connectivity index is 2.12. The number of aliphatic hydroxyl groups excluding tert-OH is 3. The Kier molecular flexibility index (Phi) is 3.78. The van der Waals surface area contributed by atoms with E-state index < -0.39 is 42.4 Å². The van der Waals surface area contributed by atoms with E-state index in [-0.39, 0.29) is 16.0 Å². The van der Waals surface area contributed by atoms with E-state index in [2.05, 4.69) is 9.97 Å². The molecule has 0 aliphatic carbocycles. The van der Waals surface area contributed by atoms with Gasteiger partial charge in [-0.15, -0.1) is 0 Å². The maximum Gasteiger partial charge on any atom is 0.288 e. The average Bonchev–Trinajstić information content (AvgIpc) is 2.76. The zero-order chi connectivity index (χ0) is 16.0. The second-order valence-corrected chi connectivity index (χ2v) is 5.31. The Labute approximate surface area is 127 Å². The van der Waals surface area contributed by atoms with Gasteiger partial charge in [-0.3, -0.25) is 14.2 Å². The number of nitrogens with zero attached hydrogens (tertiary/aromatic N) is 2. The van der Waals surface area contributed by atoms with Gasteiger partial charge in [-0.25, -0.2) is 4.98 Å². The molecule has 1 saturated heterocycles. The number of fused-ring (bicyclic) bond motifs is 1. The van der Waals surface area contributed by atoms with Crippen LogP contribution in [0.1, 0.15) is 11.7 Å². The quantitative estimate of drug-likeness (QED) is 0.524. The molecule has 0 spiro atoms. The molecule has 0 aromatic carbocycles. The minimum atomic E-state index is -1.31. The van der Waals surface area contributed by atoms with Gasteiger partial charge >= 0.3 is 0 Å². The first-order valence-electron chi connectivity index (χ1n) is 6.36. The first kappa shape index (κ1) is 15.2. The van der Waals surface area contributed by atoms with Crippen molar-refractivity contribution < 1.29 is 24.4 Å². The lowest BCUT2D eigenvalue weighted by atomic mass is 10.0. The van der Waals surface area contributed by atoms with Crippen LogP contribution in [0.5, 0.6) is 0 Å². The van der Waals surface area contributed by atoms with Gasteiger partial charge in [0.1, 0.15) is 29.1 Å². The molecule has 4 unspecified atom stereocenters. The summed E-state index contributed by atoms with van der Waals surface area (Å²) in [4.78, 5) is 17.4. The molecule has 10 heteroatoms. The first-order valence-corrected chi connectivity index (χ1v) is 6.77. The Bertz CT molecular complexity index is 838. The molecule has 1 fully saturated rings. The molecule has 0 amide bonds. The highest BCUT2D eigenvalue weighted by Gasteiger charge is 2.43. The molecule has 2 aromatic rings. The lowest BCUT2D eigenvalue weighted by Crippen LogP contribution is -2.32. The van der Waals surface area contributed by atoms with Gasteiger partial charge in [0.25, 0.3) is 5.56 Å². The summed E-state index contributed by atoms with van der Waals surface area (Å²) in [6.07, 6.45) is -2.30. The summed E-state index contributed by atoms with van der Waals surface area (Å²) in [6.45, 7) is -0.475. The molecule has 4 atom stereocenters. The Morgan fingerprint density at radius 2 is 2.14 bits per heavy atom. The predicted octanol–water partition coefficient (Wildman–Crippen LogP) is -0.955. The molecule has 8 nitrogen and oxygen atoms in total. The van der Waals surface area contributed by atoms with Gasteiger partial charge in [-0.2, -0.15) is 4.39 Å². The van der Waals surface area contributed by atoms with Gasteiger partial charge in [-0.05, 0) is 0 Å². The summed E-state index contributed by atoms with van der Waals surface area (Å²) >= 11 is 5.08. The summed E-state index contributed by atoms with van der Waals surface area (Å²) in [5.74, 6) is -0.976. The van der Waals surface area contributed by atoms with Crippen LogP contribution in [0.25, 0.3) is 5.78 Å².